The lowest BCUT2D eigenvalue weighted by atomic mass is 9.77. The number of halogens is 1. The van der Waals surface area contributed by atoms with Crippen LogP contribution in [0.4, 0.5) is 4.79 Å². The molecule has 0 aliphatic rings. The zero-order valence-corrected chi connectivity index (χ0v) is 37.0. The molecule has 4 N–H and O–H groups in total. The van der Waals surface area contributed by atoms with Crippen molar-refractivity contribution in [2.45, 2.75) is 64.2 Å². The first-order chi connectivity index (χ1) is 30.6. The van der Waals surface area contributed by atoms with Gasteiger partial charge in [0.05, 0.1) is 12.5 Å². The number of nitrogens with zero attached hydrogens (tertiary/aromatic N) is 1. The number of ether oxygens (including phenoxy) is 2. The number of rotatable bonds is 21. The molecule has 0 aliphatic heterocycles. The lowest BCUT2D eigenvalue weighted by Crippen LogP contribution is -2.57. The summed E-state index contributed by atoms with van der Waals surface area (Å²) in [5.74, 6) is -1.82. The second kappa shape index (κ2) is 22.8. The van der Waals surface area contributed by atoms with Gasteiger partial charge in [0.2, 0.25) is 17.7 Å². The molecule has 1 aromatic heterocycles. The summed E-state index contributed by atoms with van der Waals surface area (Å²) in [4.78, 5) is 63.2. The van der Waals surface area contributed by atoms with Crippen LogP contribution in [-0.2, 0) is 47.3 Å². The van der Waals surface area contributed by atoms with Gasteiger partial charge in [-0.05, 0) is 77.6 Å². The summed E-state index contributed by atoms with van der Waals surface area (Å²) in [5.41, 5.74) is 5.05. The largest absolute Gasteiger partial charge is 0.351 e. The van der Waals surface area contributed by atoms with Crippen molar-refractivity contribution in [2.24, 2.45) is 0 Å². The van der Waals surface area contributed by atoms with E-state index >= 15 is 4.79 Å². The molecule has 2 atom stereocenters. The number of benzene rings is 5. The Hall–Kier alpha value is -6.09. The van der Waals surface area contributed by atoms with Gasteiger partial charge in [-0.1, -0.05) is 133 Å². The average Bonchev–Trinajstić information content (AvgIpc) is 3.72. The van der Waals surface area contributed by atoms with Crippen molar-refractivity contribution in [3.8, 4) is 0 Å². The first kappa shape index (κ1) is 46.4. The van der Waals surface area contributed by atoms with E-state index in [2.05, 4.69) is 21.4 Å². The molecular formula is C49H52ClN5O7S. The number of thiophene rings is 1. The van der Waals surface area contributed by atoms with Crippen LogP contribution in [-0.4, -0.2) is 66.8 Å². The highest BCUT2D eigenvalue weighted by Crippen LogP contribution is 2.37. The van der Waals surface area contributed by atoms with Gasteiger partial charge in [0, 0.05) is 36.0 Å². The van der Waals surface area contributed by atoms with Crippen LogP contribution in [0.25, 0.3) is 10.1 Å². The molecule has 0 radical (unpaired) electrons. The Kier molecular flexibility index (Phi) is 16.8. The number of carbonyl (C=O) groups is 4. The molecule has 5 amide bonds. The number of hydrogen-bond acceptors (Lipinski definition) is 8. The predicted molar refractivity (Wildman–Crippen MR) is 246 cm³/mol. The smallest absolute Gasteiger partial charge is 0.338 e. The highest BCUT2D eigenvalue weighted by Gasteiger charge is 2.40. The number of hydroxylamine groups is 1. The summed E-state index contributed by atoms with van der Waals surface area (Å²) in [6, 6.07) is 40.9. The molecule has 0 saturated heterocycles. The first-order valence-corrected chi connectivity index (χ1v) is 22.0. The molecule has 1 heterocycles. The van der Waals surface area contributed by atoms with Crippen LogP contribution in [0.15, 0.2) is 145 Å². The van der Waals surface area contributed by atoms with Gasteiger partial charge < -0.3 is 30.3 Å². The minimum absolute atomic E-state index is 0.127. The molecule has 5 aromatic carbocycles. The van der Waals surface area contributed by atoms with E-state index in [0.717, 1.165) is 37.9 Å². The molecule has 0 spiro atoms. The topological polar surface area (TPSA) is 147 Å². The van der Waals surface area contributed by atoms with Crippen LogP contribution >= 0.6 is 22.9 Å². The number of nitrogens with one attached hydrogen (secondary N) is 4. The Morgan fingerprint density at radius 1 is 0.730 bits per heavy atom. The lowest BCUT2D eigenvalue weighted by Gasteiger charge is -2.38. The Balaban J connectivity index is 1.31. The van der Waals surface area contributed by atoms with E-state index in [1.54, 1.807) is 40.5 Å². The molecule has 6 aromatic rings. The second-order valence-electron chi connectivity index (χ2n) is 14.7. The third-order valence-electron chi connectivity index (χ3n) is 10.4. The van der Waals surface area contributed by atoms with Crippen molar-refractivity contribution < 1.29 is 33.5 Å². The highest BCUT2D eigenvalue weighted by molar-refractivity contribution is 7.17. The molecular weight excluding hydrogens is 838 g/mol. The summed E-state index contributed by atoms with van der Waals surface area (Å²) in [6.45, 7) is 5.79. The standard InChI is InChI=1S/C49H52ClN5O7S/c1-4-60-47(61-5-2)34(3)55(31-36-33-63-43-24-16-15-23-41(36)43)46(58)42(52-45(57)32-62-54-48(59)51-30-35-25-27-40(50)28-26-35)29-44(56)53-49(37-17-9-6-10-18-37,38-19-11-7-12-20-38)39-21-13-8-14-22-39/h6-28,33-34,42,47H,4-5,29-32H2,1-3H3,(H,52,57)(H,53,56)(H2,51,54,59). The maximum Gasteiger partial charge on any atom is 0.338 e. The van der Waals surface area contributed by atoms with Crippen molar-refractivity contribution in [3.05, 3.63) is 178 Å². The SMILES string of the molecule is CCOC(OCC)C(C)N(Cc1csc2ccccc12)C(=O)C(CC(=O)NC(c1ccccc1)(c1ccccc1)c1ccccc1)NC(=O)CONC(=O)NCc1ccc(Cl)cc1. The van der Waals surface area contributed by atoms with Crippen molar-refractivity contribution in [2.75, 3.05) is 19.8 Å². The Bertz CT molecular complexity index is 2300. The molecule has 63 heavy (non-hydrogen) atoms. The first-order valence-electron chi connectivity index (χ1n) is 20.8. The molecule has 0 aliphatic carbocycles. The maximum absolute atomic E-state index is 15.2. The second-order valence-corrected chi connectivity index (χ2v) is 16.0. The predicted octanol–water partition coefficient (Wildman–Crippen LogP) is 8.09. The zero-order valence-electron chi connectivity index (χ0n) is 35.4. The highest BCUT2D eigenvalue weighted by atomic mass is 35.5. The Morgan fingerprint density at radius 2 is 1.29 bits per heavy atom. The molecule has 12 nitrogen and oxygen atoms in total. The van der Waals surface area contributed by atoms with E-state index in [1.165, 1.54) is 0 Å². The number of hydrogen-bond donors (Lipinski definition) is 4. The molecule has 0 fully saturated rings. The Labute approximate surface area is 376 Å². The monoisotopic (exact) mass is 889 g/mol. The van der Waals surface area contributed by atoms with Crippen molar-refractivity contribution in [1.82, 2.24) is 26.3 Å². The fourth-order valence-electron chi connectivity index (χ4n) is 7.41. The van der Waals surface area contributed by atoms with Gasteiger partial charge in [0.1, 0.15) is 11.6 Å². The summed E-state index contributed by atoms with van der Waals surface area (Å²) in [6.07, 6.45) is -1.28. The third kappa shape index (κ3) is 12.1. The van der Waals surface area contributed by atoms with E-state index in [4.69, 9.17) is 25.9 Å². The summed E-state index contributed by atoms with van der Waals surface area (Å²) < 4.78 is 13.1. The molecule has 14 heteroatoms. The van der Waals surface area contributed by atoms with E-state index in [0.29, 0.717) is 18.2 Å². The third-order valence-corrected chi connectivity index (χ3v) is 11.7. The maximum atomic E-state index is 15.2. The number of fused-ring (bicyclic) bond motifs is 1. The fourth-order valence-corrected chi connectivity index (χ4v) is 8.49. The van der Waals surface area contributed by atoms with E-state index in [1.807, 2.05) is 141 Å². The minimum atomic E-state index is -1.41. The number of urea groups is 1. The van der Waals surface area contributed by atoms with Gasteiger partial charge in [0.25, 0.3) is 0 Å². The van der Waals surface area contributed by atoms with Crippen molar-refractivity contribution >= 4 is 56.8 Å². The molecule has 328 valence electrons. The Morgan fingerprint density at radius 3 is 1.86 bits per heavy atom. The fraction of sp³-hybridized carbons (Fsp3) is 0.265. The number of carbonyl (C=O) groups excluding carboxylic acids is 4. The quantitative estimate of drug-likeness (QED) is 0.0325. The summed E-state index contributed by atoms with van der Waals surface area (Å²) in [7, 11) is 0. The van der Waals surface area contributed by atoms with Crippen LogP contribution in [0, 0.1) is 0 Å². The molecule has 0 bridgehead atoms. The number of amides is 5. The van der Waals surface area contributed by atoms with E-state index < -0.39 is 60.7 Å². The van der Waals surface area contributed by atoms with Gasteiger partial charge in [0.15, 0.2) is 12.9 Å². The van der Waals surface area contributed by atoms with E-state index in [9.17, 15) is 14.4 Å². The molecule has 2 unspecified atom stereocenters. The normalized spacial score (nSPS) is 12.3. The summed E-state index contributed by atoms with van der Waals surface area (Å²) >= 11 is 7.53. The van der Waals surface area contributed by atoms with Crippen LogP contribution in [0.2, 0.25) is 5.02 Å². The zero-order chi connectivity index (χ0) is 44.6. The molecule has 6 rings (SSSR count). The van der Waals surface area contributed by atoms with E-state index in [-0.39, 0.29) is 13.1 Å². The minimum Gasteiger partial charge on any atom is -0.351 e. The van der Waals surface area contributed by atoms with Crippen LogP contribution in [0.5, 0.6) is 0 Å². The van der Waals surface area contributed by atoms with Gasteiger partial charge >= 0.3 is 6.03 Å². The summed E-state index contributed by atoms with van der Waals surface area (Å²) in [5, 5.41) is 12.3. The van der Waals surface area contributed by atoms with Gasteiger partial charge in [-0.25, -0.2) is 10.3 Å². The van der Waals surface area contributed by atoms with Crippen LogP contribution in [0.3, 0.4) is 0 Å². The molecule has 0 saturated carbocycles. The van der Waals surface area contributed by atoms with Crippen LogP contribution in [0.1, 0.15) is 55.0 Å². The van der Waals surface area contributed by atoms with Crippen LogP contribution < -0.4 is 21.4 Å². The van der Waals surface area contributed by atoms with Crippen molar-refractivity contribution in [1.29, 1.82) is 0 Å². The van der Waals surface area contributed by atoms with Gasteiger partial charge in [-0.3, -0.25) is 19.2 Å². The van der Waals surface area contributed by atoms with Crippen molar-refractivity contribution in [3.63, 3.8) is 0 Å². The average molecular weight is 891 g/mol. The lowest BCUT2D eigenvalue weighted by molar-refractivity contribution is -0.180. The van der Waals surface area contributed by atoms with Gasteiger partial charge in [-0.15, -0.1) is 11.3 Å². The van der Waals surface area contributed by atoms with Gasteiger partial charge in [-0.2, -0.15) is 0 Å².